The molecular weight excluding hydrogens is 290 g/mol. The third-order valence-corrected chi connectivity index (χ3v) is 3.09. The van der Waals surface area contributed by atoms with E-state index in [0.717, 1.165) is 0 Å². The zero-order valence-electron chi connectivity index (χ0n) is 9.84. The van der Waals surface area contributed by atoms with Crippen molar-refractivity contribution >= 4 is 28.5 Å². The Labute approximate surface area is 115 Å². The number of hydrogen-bond donors (Lipinski definition) is 2. The van der Waals surface area contributed by atoms with Crippen molar-refractivity contribution < 1.29 is 18.3 Å². The molecule has 0 saturated carbocycles. The zero-order chi connectivity index (χ0) is 14.2. The van der Waals surface area contributed by atoms with Gasteiger partial charge in [-0.2, -0.15) is 5.10 Å². The van der Waals surface area contributed by atoms with Crippen LogP contribution in [0.5, 0.6) is 11.5 Å². The van der Waals surface area contributed by atoms with Crippen molar-refractivity contribution in [2.45, 2.75) is 6.29 Å². The van der Waals surface area contributed by atoms with Crippen LogP contribution < -0.4 is 20.6 Å². The quantitative estimate of drug-likeness (QED) is 0.672. The number of rotatable bonds is 3. The van der Waals surface area contributed by atoms with E-state index in [1.165, 1.54) is 29.7 Å². The third kappa shape index (κ3) is 2.62. The van der Waals surface area contributed by atoms with Crippen LogP contribution in [0.15, 0.2) is 28.7 Å². The van der Waals surface area contributed by atoms with E-state index in [1.807, 2.05) is 0 Å². The zero-order valence-corrected chi connectivity index (χ0v) is 10.7. The second kappa shape index (κ2) is 4.60. The molecule has 2 heterocycles. The van der Waals surface area contributed by atoms with Gasteiger partial charge in [0.1, 0.15) is 5.82 Å². The van der Waals surface area contributed by atoms with Gasteiger partial charge < -0.3 is 15.2 Å². The second-order valence-electron chi connectivity index (χ2n) is 3.82. The molecule has 1 aromatic carbocycles. The van der Waals surface area contributed by atoms with Crippen LogP contribution in [0.2, 0.25) is 0 Å². The Balaban J connectivity index is 1.70. The molecule has 0 bridgehead atoms. The Morgan fingerprint density at radius 3 is 2.90 bits per heavy atom. The first-order chi connectivity index (χ1) is 9.52. The van der Waals surface area contributed by atoms with Crippen LogP contribution in [-0.4, -0.2) is 17.5 Å². The van der Waals surface area contributed by atoms with E-state index >= 15 is 0 Å². The van der Waals surface area contributed by atoms with Crippen molar-refractivity contribution in [3.05, 3.63) is 29.1 Å². The molecule has 104 valence electrons. The van der Waals surface area contributed by atoms with Gasteiger partial charge in [0.15, 0.2) is 11.5 Å². The number of aromatic nitrogens is 1. The first kappa shape index (κ1) is 12.6. The maximum Gasteiger partial charge on any atom is 0.586 e. The van der Waals surface area contributed by atoms with Gasteiger partial charge in [0, 0.05) is 5.38 Å². The van der Waals surface area contributed by atoms with Gasteiger partial charge in [0.05, 0.1) is 6.21 Å². The predicted molar refractivity (Wildman–Crippen MR) is 70.4 cm³/mol. The van der Waals surface area contributed by atoms with Gasteiger partial charge in [-0.1, -0.05) is 0 Å². The molecule has 1 aliphatic heterocycles. The number of nitrogens with zero attached hydrogens (tertiary/aromatic N) is 2. The summed E-state index contributed by atoms with van der Waals surface area (Å²) in [5.74, 6) is 0.364. The molecule has 3 N–H and O–H groups in total. The minimum absolute atomic E-state index is 0.00666. The lowest BCUT2D eigenvalue weighted by Crippen LogP contribution is -2.25. The van der Waals surface area contributed by atoms with Crippen molar-refractivity contribution in [1.29, 1.82) is 0 Å². The fourth-order valence-corrected chi connectivity index (χ4v) is 2.09. The summed E-state index contributed by atoms with van der Waals surface area (Å²) in [6, 6.07) is 4.36. The number of hydrogen-bond acceptors (Lipinski definition) is 7. The topological polar surface area (TPSA) is 81.8 Å². The molecule has 3 rings (SSSR count). The number of thiazole rings is 1. The predicted octanol–water partition coefficient (Wildman–Crippen LogP) is 2.49. The molecule has 2 aromatic rings. The Morgan fingerprint density at radius 2 is 2.15 bits per heavy atom. The number of benzene rings is 1. The van der Waals surface area contributed by atoms with E-state index in [0.29, 0.717) is 16.5 Å². The molecule has 0 spiro atoms. The number of fused-ring (bicyclic) bond motifs is 1. The van der Waals surface area contributed by atoms with Crippen molar-refractivity contribution in [2.24, 2.45) is 5.10 Å². The van der Waals surface area contributed by atoms with E-state index in [2.05, 4.69) is 25.0 Å². The van der Waals surface area contributed by atoms with Crippen LogP contribution in [0.4, 0.5) is 19.7 Å². The molecule has 0 radical (unpaired) electrons. The average molecular weight is 298 g/mol. The monoisotopic (exact) mass is 298 g/mol. The van der Waals surface area contributed by atoms with Crippen LogP contribution in [0, 0.1) is 0 Å². The summed E-state index contributed by atoms with van der Waals surface area (Å²) >= 11 is 1.30. The van der Waals surface area contributed by atoms with E-state index in [4.69, 9.17) is 5.73 Å². The van der Waals surface area contributed by atoms with E-state index < -0.39 is 6.29 Å². The molecule has 0 aliphatic carbocycles. The van der Waals surface area contributed by atoms with E-state index in [9.17, 15) is 8.78 Å². The van der Waals surface area contributed by atoms with E-state index in [-0.39, 0.29) is 11.5 Å². The first-order valence-corrected chi connectivity index (χ1v) is 6.30. The summed E-state index contributed by atoms with van der Waals surface area (Å²) in [6.45, 7) is 0. The summed E-state index contributed by atoms with van der Waals surface area (Å²) in [5, 5.41) is 6.12. The smallest absolute Gasteiger partial charge is 0.395 e. The fourth-order valence-electron chi connectivity index (χ4n) is 1.55. The Morgan fingerprint density at radius 1 is 1.35 bits per heavy atom. The van der Waals surface area contributed by atoms with Crippen molar-refractivity contribution in [3.8, 4) is 11.5 Å². The molecule has 6 nitrogen and oxygen atoms in total. The third-order valence-electron chi connectivity index (χ3n) is 2.32. The van der Waals surface area contributed by atoms with Crippen LogP contribution >= 0.6 is 11.3 Å². The maximum atomic E-state index is 12.8. The van der Waals surface area contributed by atoms with Gasteiger partial charge in [-0.25, -0.2) is 4.98 Å². The number of nitrogens with one attached hydrogen (secondary N) is 1. The molecule has 1 aliphatic rings. The molecule has 9 heteroatoms. The number of hydrazone groups is 1. The van der Waals surface area contributed by atoms with Gasteiger partial charge in [0.25, 0.3) is 0 Å². The molecular formula is C11H8F2N4O2S. The normalized spacial score (nSPS) is 15.7. The summed E-state index contributed by atoms with van der Waals surface area (Å²) in [7, 11) is 0. The highest BCUT2D eigenvalue weighted by atomic mass is 32.1. The number of alkyl halides is 2. The van der Waals surface area contributed by atoms with Crippen molar-refractivity contribution in [2.75, 3.05) is 11.2 Å². The average Bonchev–Trinajstić information content (AvgIpc) is 2.90. The highest BCUT2D eigenvalue weighted by Gasteiger charge is 2.43. The van der Waals surface area contributed by atoms with Crippen molar-refractivity contribution in [3.63, 3.8) is 0 Å². The minimum Gasteiger partial charge on any atom is -0.395 e. The van der Waals surface area contributed by atoms with Crippen molar-refractivity contribution in [1.82, 2.24) is 4.98 Å². The Hall–Kier alpha value is -2.42. The van der Waals surface area contributed by atoms with Gasteiger partial charge in [0.2, 0.25) is 5.13 Å². The standard InChI is InChI=1S/C11H8F2N4O2S/c12-11(13)18-7-2-1-6(3-8(7)19-11)4-15-17-10-16-9(14)5-20-10/h1-5H,14H2,(H,16,17). The number of nitrogens with two attached hydrogens (primary N) is 1. The molecule has 0 saturated heterocycles. The maximum absolute atomic E-state index is 12.8. The fraction of sp³-hybridized carbons (Fsp3) is 0.0909. The second-order valence-corrected chi connectivity index (χ2v) is 4.68. The molecule has 0 atom stereocenters. The Bertz CT molecular complexity index is 674. The number of anilines is 2. The van der Waals surface area contributed by atoms with Gasteiger partial charge in [-0.15, -0.1) is 20.1 Å². The van der Waals surface area contributed by atoms with E-state index in [1.54, 1.807) is 11.4 Å². The largest absolute Gasteiger partial charge is 0.586 e. The highest BCUT2D eigenvalue weighted by molar-refractivity contribution is 7.14. The molecule has 0 fully saturated rings. The van der Waals surface area contributed by atoms with Gasteiger partial charge in [-0.05, 0) is 23.8 Å². The first-order valence-electron chi connectivity index (χ1n) is 5.42. The Kier molecular flexibility index (Phi) is 2.90. The number of ether oxygens (including phenoxy) is 2. The summed E-state index contributed by atoms with van der Waals surface area (Å²) in [4.78, 5) is 3.95. The lowest BCUT2D eigenvalue weighted by atomic mass is 10.2. The van der Waals surface area contributed by atoms with Gasteiger partial charge in [-0.3, -0.25) is 5.43 Å². The SMILES string of the molecule is Nc1csc(NN=Cc2ccc3c(c2)OC(F)(F)O3)n1. The lowest BCUT2D eigenvalue weighted by Gasteiger charge is -2.04. The lowest BCUT2D eigenvalue weighted by molar-refractivity contribution is -0.286. The van der Waals surface area contributed by atoms with Crippen LogP contribution in [-0.2, 0) is 0 Å². The van der Waals surface area contributed by atoms with Crippen LogP contribution in [0.25, 0.3) is 0 Å². The minimum atomic E-state index is -3.62. The number of halogens is 2. The highest BCUT2D eigenvalue weighted by Crippen LogP contribution is 2.40. The molecule has 20 heavy (non-hydrogen) atoms. The number of nitrogen functional groups attached to an aromatic ring is 1. The molecule has 0 unspecified atom stereocenters. The molecule has 1 aromatic heterocycles. The summed E-state index contributed by atoms with van der Waals surface area (Å²) < 4.78 is 34.3. The van der Waals surface area contributed by atoms with Gasteiger partial charge >= 0.3 is 6.29 Å². The summed E-state index contributed by atoms with van der Waals surface area (Å²) in [5.41, 5.74) is 8.70. The van der Waals surface area contributed by atoms with Crippen LogP contribution in [0.1, 0.15) is 5.56 Å². The summed E-state index contributed by atoms with van der Waals surface area (Å²) in [6.07, 6.45) is -2.17. The van der Waals surface area contributed by atoms with Crippen LogP contribution in [0.3, 0.4) is 0 Å². The molecule has 0 amide bonds.